The molecule has 1 fully saturated rings. The van der Waals surface area contributed by atoms with Crippen molar-refractivity contribution < 1.29 is 23.9 Å². The number of ether oxygens (including phenoxy) is 2. The van der Waals surface area contributed by atoms with Crippen molar-refractivity contribution in [1.82, 2.24) is 10.9 Å². The van der Waals surface area contributed by atoms with Gasteiger partial charge in [-0.25, -0.2) is 0 Å². The number of hydrogen-bond donors (Lipinski definition) is 2. The van der Waals surface area contributed by atoms with Crippen LogP contribution in [0, 0.1) is 5.92 Å². The maximum absolute atomic E-state index is 12.4. The Morgan fingerprint density at radius 1 is 1.07 bits per heavy atom. The van der Waals surface area contributed by atoms with Gasteiger partial charge in [0.1, 0.15) is 0 Å². The molecule has 2 aliphatic heterocycles. The van der Waals surface area contributed by atoms with Crippen molar-refractivity contribution in [2.24, 2.45) is 5.92 Å². The molecule has 0 bridgehead atoms. The van der Waals surface area contributed by atoms with Crippen LogP contribution in [0.25, 0.3) is 0 Å². The van der Waals surface area contributed by atoms with Gasteiger partial charge in [-0.3, -0.25) is 25.2 Å². The number of anilines is 1. The number of hydrogen-bond acceptors (Lipinski definition) is 5. The van der Waals surface area contributed by atoms with E-state index in [4.69, 9.17) is 21.1 Å². The summed E-state index contributed by atoms with van der Waals surface area (Å²) in [5.74, 6) is -0.661. The van der Waals surface area contributed by atoms with Crippen LogP contribution in [-0.4, -0.2) is 31.1 Å². The molecule has 9 heteroatoms. The molecule has 0 unspecified atom stereocenters. The lowest BCUT2D eigenvalue weighted by atomic mass is 10.1. The summed E-state index contributed by atoms with van der Waals surface area (Å²) < 4.78 is 10.4. The summed E-state index contributed by atoms with van der Waals surface area (Å²) in [5.41, 5.74) is 5.69. The number of amides is 3. The first-order valence-corrected chi connectivity index (χ1v) is 8.95. The Hall–Kier alpha value is -3.26. The fourth-order valence-electron chi connectivity index (χ4n) is 3.11. The van der Waals surface area contributed by atoms with Gasteiger partial charge in [-0.2, -0.15) is 0 Å². The van der Waals surface area contributed by atoms with E-state index in [9.17, 15) is 14.4 Å². The van der Waals surface area contributed by atoms with Crippen molar-refractivity contribution in [3.63, 3.8) is 0 Å². The zero-order chi connectivity index (χ0) is 19.7. The molecule has 144 valence electrons. The van der Waals surface area contributed by atoms with E-state index >= 15 is 0 Å². The molecule has 2 aromatic carbocycles. The van der Waals surface area contributed by atoms with E-state index in [-0.39, 0.29) is 25.7 Å². The lowest BCUT2D eigenvalue weighted by molar-refractivity contribution is -0.126. The van der Waals surface area contributed by atoms with Crippen LogP contribution in [0.1, 0.15) is 16.8 Å². The third-order valence-corrected chi connectivity index (χ3v) is 4.78. The van der Waals surface area contributed by atoms with Gasteiger partial charge in [-0.05, 0) is 36.4 Å². The summed E-state index contributed by atoms with van der Waals surface area (Å²) in [6, 6.07) is 11.6. The van der Waals surface area contributed by atoms with Gasteiger partial charge in [0.05, 0.1) is 5.92 Å². The average molecular weight is 402 g/mol. The van der Waals surface area contributed by atoms with Gasteiger partial charge < -0.3 is 14.4 Å². The second kappa shape index (κ2) is 7.40. The van der Waals surface area contributed by atoms with Gasteiger partial charge in [0.2, 0.25) is 18.6 Å². The molecule has 1 atom stereocenters. The Labute approximate surface area is 165 Å². The van der Waals surface area contributed by atoms with Gasteiger partial charge in [-0.1, -0.05) is 17.7 Å². The highest BCUT2D eigenvalue weighted by atomic mass is 35.5. The van der Waals surface area contributed by atoms with Crippen LogP contribution in [-0.2, 0) is 9.59 Å². The highest BCUT2D eigenvalue weighted by Gasteiger charge is 2.35. The Bertz CT molecular complexity index is 964. The summed E-state index contributed by atoms with van der Waals surface area (Å²) in [7, 11) is 0. The van der Waals surface area contributed by atoms with Crippen LogP contribution in [0.2, 0.25) is 5.02 Å². The van der Waals surface area contributed by atoms with E-state index in [2.05, 4.69) is 10.9 Å². The first-order valence-electron chi connectivity index (χ1n) is 8.57. The molecule has 0 saturated carbocycles. The summed E-state index contributed by atoms with van der Waals surface area (Å²) in [5, 5.41) is 0.509. The van der Waals surface area contributed by atoms with Crippen molar-refractivity contribution in [3.8, 4) is 11.5 Å². The van der Waals surface area contributed by atoms with Crippen LogP contribution in [0.3, 0.4) is 0 Å². The predicted octanol–water partition coefficient (Wildman–Crippen LogP) is 1.88. The van der Waals surface area contributed by atoms with Crippen LogP contribution in [0.4, 0.5) is 5.69 Å². The van der Waals surface area contributed by atoms with Crippen molar-refractivity contribution >= 4 is 35.0 Å². The van der Waals surface area contributed by atoms with Gasteiger partial charge in [0.15, 0.2) is 11.5 Å². The van der Waals surface area contributed by atoms with Crippen LogP contribution < -0.4 is 25.2 Å². The number of fused-ring (bicyclic) bond motifs is 1. The predicted molar refractivity (Wildman–Crippen MR) is 100 cm³/mol. The van der Waals surface area contributed by atoms with E-state index in [1.165, 1.54) is 11.0 Å². The lowest BCUT2D eigenvalue weighted by Crippen LogP contribution is -2.45. The number of hydrazine groups is 1. The smallest absolute Gasteiger partial charge is 0.269 e. The minimum atomic E-state index is -0.580. The van der Waals surface area contributed by atoms with Gasteiger partial charge in [-0.15, -0.1) is 0 Å². The summed E-state index contributed by atoms with van der Waals surface area (Å²) >= 11 is 5.97. The number of carbonyl (C=O) groups excluding carboxylic acids is 3. The minimum absolute atomic E-state index is 0.0538. The molecule has 3 amide bonds. The van der Waals surface area contributed by atoms with Crippen LogP contribution >= 0.6 is 11.6 Å². The number of nitrogens with one attached hydrogen (secondary N) is 2. The molecule has 0 aliphatic carbocycles. The van der Waals surface area contributed by atoms with Crippen molar-refractivity contribution in [2.45, 2.75) is 6.42 Å². The topological polar surface area (TPSA) is 97.0 Å². The molecule has 2 heterocycles. The fourth-order valence-corrected chi connectivity index (χ4v) is 3.29. The SMILES string of the molecule is O=C(NNC(=O)[C@@H]1CC(=O)N(c2cccc(Cl)c2)C1)c1ccc2c(c1)OCO2. The first kappa shape index (κ1) is 18.1. The number of halogens is 1. The van der Waals surface area contributed by atoms with E-state index in [0.29, 0.717) is 27.8 Å². The molecule has 0 radical (unpaired) electrons. The van der Waals surface area contributed by atoms with Crippen molar-refractivity contribution in [1.29, 1.82) is 0 Å². The molecule has 2 aliphatic rings. The van der Waals surface area contributed by atoms with Gasteiger partial charge >= 0.3 is 0 Å². The molecule has 28 heavy (non-hydrogen) atoms. The quantitative estimate of drug-likeness (QED) is 0.765. The number of benzene rings is 2. The van der Waals surface area contributed by atoms with E-state index in [1.54, 1.807) is 36.4 Å². The second-order valence-electron chi connectivity index (χ2n) is 6.40. The molecular weight excluding hydrogens is 386 g/mol. The molecule has 0 spiro atoms. The maximum atomic E-state index is 12.4. The summed E-state index contributed by atoms with van der Waals surface area (Å²) in [6.07, 6.45) is 0.0538. The highest BCUT2D eigenvalue weighted by molar-refractivity contribution is 6.31. The molecular formula is C19H16ClN3O5. The van der Waals surface area contributed by atoms with E-state index in [0.717, 1.165) is 0 Å². The van der Waals surface area contributed by atoms with Gasteiger partial charge in [0.25, 0.3) is 5.91 Å². The maximum Gasteiger partial charge on any atom is 0.269 e. The Balaban J connectivity index is 1.35. The third kappa shape index (κ3) is 3.59. The molecule has 2 N–H and O–H groups in total. The normalized spacial score (nSPS) is 17.5. The van der Waals surface area contributed by atoms with Crippen LogP contribution in [0.15, 0.2) is 42.5 Å². The highest BCUT2D eigenvalue weighted by Crippen LogP contribution is 2.32. The number of rotatable bonds is 3. The summed E-state index contributed by atoms with van der Waals surface area (Å²) in [6.45, 7) is 0.320. The fraction of sp³-hybridized carbons (Fsp3) is 0.211. The van der Waals surface area contributed by atoms with Gasteiger partial charge in [0, 0.05) is 29.2 Å². The summed E-state index contributed by atoms with van der Waals surface area (Å²) in [4.78, 5) is 38.4. The third-order valence-electron chi connectivity index (χ3n) is 4.55. The molecule has 4 rings (SSSR count). The lowest BCUT2D eigenvalue weighted by Gasteiger charge is -2.17. The number of carbonyl (C=O) groups is 3. The van der Waals surface area contributed by atoms with Crippen LogP contribution in [0.5, 0.6) is 11.5 Å². The zero-order valence-corrected chi connectivity index (χ0v) is 15.4. The molecule has 8 nitrogen and oxygen atoms in total. The first-order chi connectivity index (χ1) is 13.5. The standard InChI is InChI=1S/C19H16ClN3O5/c20-13-2-1-3-14(8-13)23-9-12(7-17(23)24)19(26)22-21-18(25)11-4-5-15-16(6-11)28-10-27-15/h1-6,8,12H,7,9-10H2,(H,21,25)(H,22,26)/t12-/m1/s1. The second-order valence-corrected chi connectivity index (χ2v) is 6.83. The zero-order valence-electron chi connectivity index (χ0n) is 14.6. The Kier molecular flexibility index (Phi) is 4.79. The van der Waals surface area contributed by atoms with E-state index in [1.807, 2.05) is 0 Å². The molecule has 0 aromatic heterocycles. The Morgan fingerprint density at radius 2 is 1.89 bits per heavy atom. The molecule has 2 aromatic rings. The Morgan fingerprint density at radius 3 is 2.71 bits per heavy atom. The van der Waals surface area contributed by atoms with Crippen molar-refractivity contribution in [2.75, 3.05) is 18.2 Å². The largest absolute Gasteiger partial charge is 0.454 e. The average Bonchev–Trinajstić information content (AvgIpc) is 3.31. The monoisotopic (exact) mass is 401 g/mol. The molecule has 1 saturated heterocycles. The number of nitrogens with zero attached hydrogens (tertiary/aromatic N) is 1. The minimum Gasteiger partial charge on any atom is -0.454 e. The van der Waals surface area contributed by atoms with E-state index < -0.39 is 17.7 Å². The van der Waals surface area contributed by atoms with Crippen molar-refractivity contribution in [3.05, 3.63) is 53.1 Å².